The topological polar surface area (TPSA) is 50.6 Å². The maximum Gasteiger partial charge on any atom is 0.253 e. The largest absolute Gasteiger partial charge is 0.497 e. The maximum absolute atomic E-state index is 13.0. The van der Waals surface area contributed by atoms with Crippen molar-refractivity contribution < 1.29 is 9.53 Å². The molecule has 1 aliphatic rings. The lowest BCUT2D eigenvalue weighted by molar-refractivity contribution is 0.0732. The molecule has 6 heteroatoms. The SMILES string of the molecule is COc1ccc2ncn(Cc3ccc(C(=O)N(C)[C@@H]4CCN(C(C)C)C4)cc3)c2c1. The third kappa shape index (κ3) is 4.05. The van der Waals surface area contributed by atoms with Gasteiger partial charge in [0, 0.05) is 50.4 Å². The van der Waals surface area contributed by atoms with E-state index in [2.05, 4.69) is 28.3 Å². The van der Waals surface area contributed by atoms with Crippen LogP contribution < -0.4 is 4.74 Å². The number of benzene rings is 2. The molecule has 158 valence electrons. The number of fused-ring (bicyclic) bond motifs is 1. The monoisotopic (exact) mass is 406 g/mol. The smallest absolute Gasteiger partial charge is 0.253 e. The number of aromatic nitrogens is 2. The van der Waals surface area contributed by atoms with Crippen molar-refractivity contribution >= 4 is 16.9 Å². The molecule has 4 rings (SSSR count). The number of ether oxygens (including phenoxy) is 1. The number of likely N-dealkylation sites (N-methyl/N-ethyl adjacent to an activating group) is 1. The molecule has 1 saturated heterocycles. The van der Waals surface area contributed by atoms with Crippen LogP contribution in [0.1, 0.15) is 36.2 Å². The molecule has 30 heavy (non-hydrogen) atoms. The predicted molar refractivity (Wildman–Crippen MR) is 119 cm³/mol. The summed E-state index contributed by atoms with van der Waals surface area (Å²) in [6.45, 7) is 7.13. The van der Waals surface area contributed by atoms with Gasteiger partial charge in [0.05, 0.1) is 24.5 Å². The molecule has 1 fully saturated rings. The van der Waals surface area contributed by atoms with Gasteiger partial charge in [0.1, 0.15) is 5.75 Å². The summed E-state index contributed by atoms with van der Waals surface area (Å²) in [5, 5.41) is 0. The molecule has 0 unspecified atom stereocenters. The van der Waals surface area contributed by atoms with Gasteiger partial charge in [0.25, 0.3) is 5.91 Å². The molecule has 2 aromatic carbocycles. The first-order valence-corrected chi connectivity index (χ1v) is 10.6. The van der Waals surface area contributed by atoms with Gasteiger partial charge >= 0.3 is 0 Å². The van der Waals surface area contributed by atoms with Crippen LogP contribution in [0.2, 0.25) is 0 Å². The van der Waals surface area contributed by atoms with E-state index in [1.807, 2.05) is 60.7 Å². The highest BCUT2D eigenvalue weighted by Crippen LogP contribution is 2.22. The van der Waals surface area contributed by atoms with Gasteiger partial charge in [-0.25, -0.2) is 4.98 Å². The maximum atomic E-state index is 13.0. The van der Waals surface area contributed by atoms with E-state index in [0.29, 0.717) is 12.6 Å². The average Bonchev–Trinajstić information content (AvgIpc) is 3.41. The minimum Gasteiger partial charge on any atom is -0.497 e. The van der Waals surface area contributed by atoms with Gasteiger partial charge in [-0.2, -0.15) is 0 Å². The minimum absolute atomic E-state index is 0.0926. The first kappa shape index (κ1) is 20.4. The average molecular weight is 407 g/mol. The summed E-state index contributed by atoms with van der Waals surface area (Å²) in [5.41, 5.74) is 3.84. The molecular formula is C24H30N4O2. The van der Waals surface area contributed by atoms with Gasteiger partial charge in [0.15, 0.2) is 0 Å². The van der Waals surface area contributed by atoms with Crippen LogP contribution in [-0.2, 0) is 6.54 Å². The van der Waals surface area contributed by atoms with Crippen LogP contribution in [0.4, 0.5) is 0 Å². The zero-order chi connectivity index (χ0) is 21.3. The van der Waals surface area contributed by atoms with Gasteiger partial charge in [-0.05, 0) is 50.1 Å². The summed E-state index contributed by atoms with van der Waals surface area (Å²) in [6, 6.07) is 14.6. The van der Waals surface area contributed by atoms with Crippen molar-refractivity contribution in [2.75, 3.05) is 27.2 Å². The zero-order valence-corrected chi connectivity index (χ0v) is 18.2. The Balaban J connectivity index is 1.45. The molecule has 1 atom stereocenters. The summed E-state index contributed by atoms with van der Waals surface area (Å²) in [4.78, 5) is 21.8. The molecular weight excluding hydrogens is 376 g/mol. The predicted octanol–water partition coefficient (Wildman–Crippen LogP) is 3.65. The number of carbonyl (C=O) groups excluding carboxylic acids is 1. The van der Waals surface area contributed by atoms with Gasteiger partial charge < -0.3 is 14.2 Å². The van der Waals surface area contributed by atoms with Gasteiger partial charge in [-0.3, -0.25) is 9.69 Å². The van der Waals surface area contributed by atoms with Crippen molar-refractivity contribution in [2.24, 2.45) is 0 Å². The Hall–Kier alpha value is -2.86. The number of methoxy groups -OCH3 is 1. The fraction of sp³-hybridized carbons (Fsp3) is 0.417. The number of imidazole rings is 1. The quantitative estimate of drug-likeness (QED) is 0.627. The molecule has 0 radical (unpaired) electrons. The highest BCUT2D eigenvalue weighted by molar-refractivity contribution is 5.94. The number of rotatable bonds is 6. The molecule has 6 nitrogen and oxygen atoms in total. The van der Waals surface area contributed by atoms with Crippen LogP contribution >= 0.6 is 0 Å². The van der Waals surface area contributed by atoms with Gasteiger partial charge in [0.2, 0.25) is 0 Å². The normalized spacial score (nSPS) is 17.0. The van der Waals surface area contributed by atoms with Crippen molar-refractivity contribution in [3.05, 3.63) is 59.9 Å². The summed E-state index contributed by atoms with van der Waals surface area (Å²) in [6.07, 6.45) is 2.88. The lowest BCUT2D eigenvalue weighted by Crippen LogP contribution is -2.40. The van der Waals surface area contributed by atoms with Crippen LogP contribution in [0.25, 0.3) is 11.0 Å². The van der Waals surface area contributed by atoms with Crippen LogP contribution in [0, 0.1) is 0 Å². The lowest BCUT2D eigenvalue weighted by Gasteiger charge is -2.26. The highest BCUT2D eigenvalue weighted by Gasteiger charge is 2.29. The van der Waals surface area contributed by atoms with E-state index in [9.17, 15) is 4.79 Å². The molecule has 2 heterocycles. The molecule has 1 aliphatic heterocycles. The molecule has 0 N–H and O–H groups in total. The second-order valence-electron chi connectivity index (χ2n) is 8.37. The lowest BCUT2D eigenvalue weighted by atomic mass is 10.1. The number of likely N-dealkylation sites (tertiary alicyclic amines) is 1. The van der Waals surface area contributed by atoms with E-state index in [-0.39, 0.29) is 11.9 Å². The van der Waals surface area contributed by atoms with Crippen molar-refractivity contribution in [1.82, 2.24) is 19.4 Å². The molecule has 0 aliphatic carbocycles. The van der Waals surface area contributed by atoms with E-state index in [4.69, 9.17) is 4.74 Å². The molecule has 0 bridgehead atoms. The van der Waals surface area contributed by atoms with Gasteiger partial charge in [-0.15, -0.1) is 0 Å². The first-order chi connectivity index (χ1) is 14.5. The Morgan fingerprint density at radius 1 is 1.23 bits per heavy atom. The third-order valence-electron chi connectivity index (χ3n) is 6.18. The van der Waals surface area contributed by atoms with Crippen molar-refractivity contribution in [3.63, 3.8) is 0 Å². The summed E-state index contributed by atoms with van der Waals surface area (Å²) in [7, 11) is 3.59. The van der Waals surface area contributed by atoms with E-state index < -0.39 is 0 Å². The van der Waals surface area contributed by atoms with E-state index in [0.717, 1.165) is 47.4 Å². The standard InChI is InChI=1S/C24H30N4O2/c1-17(2)27-12-11-20(15-27)26(3)24(29)19-7-5-18(6-8-19)14-28-16-25-22-10-9-21(30-4)13-23(22)28/h5-10,13,16-17,20H,11-12,14-15H2,1-4H3/t20-/m1/s1. The molecule has 0 spiro atoms. The van der Waals surface area contributed by atoms with Crippen molar-refractivity contribution in [3.8, 4) is 5.75 Å². The summed E-state index contributed by atoms with van der Waals surface area (Å²) in [5.74, 6) is 0.908. The Morgan fingerprint density at radius 3 is 2.67 bits per heavy atom. The highest BCUT2D eigenvalue weighted by atomic mass is 16.5. The zero-order valence-electron chi connectivity index (χ0n) is 18.2. The van der Waals surface area contributed by atoms with Crippen LogP contribution in [0.5, 0.6) is 5.75 Å². The van der Waals surface area contributed by atoms with Crippen LogP contribution in [0.15, 0.2) is 48.8 Å². The number of hydrogen-bond acceptors (Lipinski definition) is 4. The summed E-state index contributed by atoms with van der Waals surface area (Å²) >= 11 is 0. The van der Waals surface area contributed by atoms with E-state index in [1.165, 1.54) is 0 Å². The van der Waals surface area contributed by atoms with Crippen LogP contribution in [-0.4, -0.2) is 64.6 Å². The molecule has 1 amide bonds. The fourth-order valence-electron chi connectivity index (χ4n) is 4.16. The number of nitrogens with zero attached hydrogens (tertiary/aromatic N) is 4. The molecule has 3 aromatic rings. The fourth-order valence-corrected chi connectivity index (χ4v) is 4.16. The Bertz CT molecular complexity index is 1030. The number of carbonyl (C=O) groups is 1. The van der Waals surface area contributed by atoms with E-state index >= 15 is 0 Å². The second kappa shape index (κ2) is 8.48. The van der Waals surface area contributed by atoms with E-state index in [1.54, 1.807) is 7.11 Å². The Morgan fingerprint density at radius 2 is 2.00 bits per heavy atom. The number of amides is 1. The first-order valence-electron chi connectivity index (χ1n) is 10.6. The molecule has 0 saturated carbocycles. The van der Waals surface area contributed by atoms with Crippen molar-refractivity contribution in [1.29, 1.82) is 0 Å². The third-order valence-corrected chi connectivity index (χ3v) is 6.18. The molecule has 1 aromatic heterocycles. The second-order valence-corrected chi connectivity index (χ2v) is 8.37. The minimum atomic E-state index is 0.0926. The number of hydrogen-bond donors (Lipinski definition) is 0. The Labute approximate surface area is 178 Å². The van der Waals surface area contributed by atoms with Gasteiger partial charge in [-0.1, -0.05) is 12.1 Å². The summed E-state index contributed by atoms with van der Waals surface area (Å²) < 4.78 is 7.43. The van der Waals surface area contributed by atoms with Crippen molar-refractivity contribution in [2.45, 2.75) is 38.9 Å². The van der Waals surface area contributed by atoms with Crippen LogP contribution in [0.3, 0.4) is 0 Å². The Kier molecular flexibility index (Phi) is 5.77.